The molecule has 2 nitrogen and oxygen atoms in total. The molecule has 1 unspecified atom stereocenters. The molecule has 0 saturated carbocycles. The molecule has 0 fully saturated rings. The van der Waals surface area contributed by atoms with Gasteiger partial charge in [0, 0.05) is 5.02 Å². The lowest BCUT2D eigenvalue weighted by Gasteiger charge is -2.12. The summed E-state index contributed by atoms with van der Waals surface area (Å²) in [7, 11) is 0. The standard InChI is InChI=1S/C15H14Cl2O2/c1-11(10-16)18-13-6-8-15(9-7-13)19-14-4-2-12(17)3-5-14/h2-9,11H,10H2,1H3. The van der Waals surface area contributed by atoms with E-state index in [2.05, 4.69) is 0 Å². The summed E-state index contributed by atoms with van der Waals surface area (Å²) in [6, 6.07) is 14.6. The second-order valence-corrected chi connectivity index (χ2v) is 4.86. The Hall–Kier alpha value is -1.38. The molecule has 0 aromatic heterocycles. The number of alkyl halides is 1. The van der Waals surface area contributed by atoms with Gasteiger partial charge in [-0.1, -0.05) is 11.6 Å². The molecular weight excluding hydrogens is 283 g/mol. The van der Waals surface area contributed by atoms with E-state index in [9.17, 15) is 0 Å². The molecule has 0 amide bonds. The van der Waals surface area contributed by atoms with E-state index in [1.165, 1.54) is 0 Å². The molecule has 0 heterocycles. The Bertz CT molecular complexity index is 509. The van der Waals surface area contributed by atoms with Crippen LogP contribution in [0.2, 0.25) is 5.02 Å². The summed E-state index contributed by atoms with van der Waals surface area (Å²) < 4.78 is 11.3. The van der Waals surface area contributed by atoms with E-state index in [1.807, 2.05) is 43.3 Å². The number of halogens is 2. The van der Waals surface area contributed by atoms with Crippen molar-refractivity contribution in [3.05, 3.63) is 53.6 Å². The number of benzene rings is 2. The zero-order valence-electron chi connectivity index (χ0n) is 10.5. The van der Waals surface area contributed by atoms with Crippen molar-refractivity contribution < 1.29 is 9.47 Å². The molecule has 0 aliphatic carbocycles. The van der Waals surface area contributed by atoms with Crippen molar-refractivity contribution in [3.63, 3.8) is 0 Å². The molecule has 0 saturated heterocycles. The first-order chi connectivity index (χ1) is 9.17. The van der Waals surface area contributed by atoms with E-state index < -0.39 is 0 Å². The topological polar surface area (TPSA) is 18.5 Å². The average Bonchev–Trinajstić information content (AvgIpc) is 2.43. The largest absolute Gasteiger partial charge is 0.489 e. The third kappa shape index (κ3) is 4.34. The molecule has 1 atom stereocenters. The van der Waals surface area contributed by atoms with Crippen LogP contribution < -0.4 is 9.47 Å². The van der Waals surface area contributed by atoms with Gasteiger partial charge in [0.2, 0.25) is 0 Å². The highest BCUT2D eigenvalue weighted by Crippen LogP contribution is 2.25. The fourth-order valence-corrected chi connectivity index (χ4v) is 1.68. The first-order valence-electron chi connectivity index (χ1n) is 5.93. The van der Waals surface area contributed by atoms with Crippen molar-refractivity contribution in [2.75, 3.05) is 5.88 Å². The second kappa shape index (κ2) is 6.69. The highest BCUT2D eigenvalue weighted by atomic mass is 35.5. The molecule has 2 aromatic carbocycles. The Morgan fingerprint density at radius 1 is 0.895 bits per heavy atom. The van der Waals surface area contributed by atoms with Gasteiger partial charge in [-0.3, -0.25) is 0 Å². The maximum Gasteiger partial charge on any atom is 0.127 e. The van der Waals surface area contributed by atoms with Crippen LogP contribution in [0.25, 0.3) is 0 Å². The van der Waals surface area contributed by atoms with Gasteiger partial charge in [-0.25, -0.2) is 0 Å². The third-order valence-corrected chi connectivity index (χ3v) is 3.11. The molecule has 0 N–H and O–H groups in total. The molecule has 0 radical (unpaired) electrons. The summed E-state index contributed by atoms with van der Waals surface area (Å²) in [5, 5.41) is 0.686. The maximum absolute atomic E-state index is 5.81. The summed E-state index contributed by atoms with van der Waals surface area (Å²) in [6.45, 7) is 1.92. The Balaban J connectivity index is 2.00. The van der Waals surface area contributed by atoms with Crippen LogP contribution in [0, 0.1) is 0 Å². The van der Waals surface area contributed by atoms with Crippen molar-refractivity contribution in [1.29, 1.82) is 0 Å². The fourth-order valence-electron chi connectivity index (χ4n) is 1.49. The Labute approximate surface area is 122 Å². The SMILES string of the molecule is CC(CCl)Oc1ccc(Oc2ccc(Cl)cc2)cc1. The van der Waals surface area contributed by atoms with E-state index in [0.29, 0.717) is 10.9 Å². The molecule has 100 valence electrons. The minimum absolute atomic E-state index is 0.00954. The normalized spacial score (nSPS) is 11.9. The van der Waals surface area contributed by atoms with Crippen molar-refractivity contribution in [1.82, 2.24) is 0 Å². The van der Waals surface area contributed by atoms with Crippen LogP contribution >= 0.6 is 23.2 Å². The first-order valence-corrected chi connectivity index (χ1v) is 6.85. The number of rotatable bonds is 5. The monoisotopic (exact) mass is 296 g/mol. The van der Waals surface area contributed by atoms with Gasteiger partial charge < -0.3 is 9.47 Å². The lowest BCUT2D eigenvalue weighted by molar-refractivity contribution is 0.245. The summed E-state index contributed by atoms with van der Waals surface area (Å²) in [5.41, 5.74) is 0. The Kier molecular flexibility index (Phi) is 4.94. The zero-order valence-corrected chi connectivity index (χ0v) is 12.0. The molecule has 19 heavy (non-hydrogen) atoms. The summed E-state index contributed by atoms with van der Waals surface area (Å²) in [4.78, 5) is 0. The van der Waals surface area contributed by atoms with Gasteiger partial charge in [0.05, 0.1) is 5.88 Å². The molecule has 4 heteroatoms. The quantitative estimate of drug-likeness (QED) is 0.711. The van der Waals surface area contributed by atoms with Crippen LogP contribution in [-0.4, -0.2) is 12.0 Å². The lowest BCUT2D eigenvalue weighted by Crippen LogP contribution is -2.12. The van der Waals surface area contributed by atoms with Gasteiger partial charge in [-0.15, -0.1) is 11.6 Å². The van der Waals surface area contributed by atoms with Crippen molar-refractivity contribution in [3.8, 4) is 17.2 Å². The summed E-state index contributed by atoms with van der Waals surface area (Å²) in [6.07, 6.45) is -0.00954. The van der Waals surface area contributed by atoms with Gasteiger partial charge >= 0.3 is 0 Å². The van der Waals surface area contributed by atoms with E-state index in [-0.39, 0.29) is 6.10 Å². The van der Waals surface area contributed by atoms with Gasteiger partial charge in [0.15, 0.2) is 0 Å². The molecule has 0 aliphatic heterocycles. The van der Waals surface area contributed by atoms with Crippen molar-refractivity contribution in [2.24, 2.45) is 0 Å². The Morgan fingerprint density at radius 2 is 1.37 bits per heavy atom. The van der Waals surface area contributed by atoms with Crippen molar-refractivity contribution in [2.45, 2.75) is 13.0 Å². The van der Waals surface area contributed by atoms with Crippen LogP contribution in [0.5, 0.6) is 17.2 Å². The first kappa shape index (κ1) is 14.0. The van der Waals surface area contributed by atoms with E-state index in [4.69, 9.17) is 32.7 Å². The summed E-state index contributed by atoms with van der Waals surface area (Å²) >= 11 is 11.5. The fraction of sp³-hybridized carbons (Fsp3) is 0.200. The predicted octanol–water partition coefficient (Wildman–Crippen LogP) is 5.14. The highest BCUT2D eigenvalue weighted by Gasteiger charge is 2.03. The van der Waals surface area contributed by atoms with E-state index in [1.54, 1.807) is 12.1 Å². The van der Waals surface area contributed by atoms with Crippen molar-refractivity contribution >= 4 is 23.2 Å². The molecule has 0 spiro atoms. The summed E-state index contributed by atoms with van der Waals surface area (Å²) in [5.74, 6) is 2.72. The zero-order chi connectivity index (χ0) is 13.7. The third-order valence-electron chi connectivity index (χ3n) is 2.43. The van der Waals surface area contributed by atoms with Gasteiger partial charge in [-0.2, -0.15) is 0 Å². The average molecular weight is 297 g/mol. The van der Waals surface area contributed by atoms with Crippen LogP contribution in [0.15, 0.2) is 48.5 Å². The lowest BCUT2D eigenvalue weighted by atomic mass is 10.3. The number of hydrogen-bond donors (Lipinski definition) is 0. The maximum atomic E-state index is 5.81. The molecule has 2 aromatic rings. The van der Waals surface area contributed by atoms with Gasteiger partial charge in [0.25, 0.3) is 0 Å². The smallest absolute Gasteiger partial charge is 0.127 e. The molecule has 0 bridgehead atoms. The predicted molar refractivity (Wildman–Crippen MR) is 78.8 cm³/mol. The highest BCUT2D eigenvalue weighted by molar-refractivity contribution is 6.30. The van der Waals surface area contributed by atoms with Gasteiger partial charge in [-0.05, 0) is 55.5 Å². The minimum Gasteiger partial charge on any atom is -0.489 e. The number of ether oxygens (including phenoxy) is 2. The molecule has 2 rings (SSSR count). The van der Waals surface area contributed by atoms with Crippen LogP contribution in [0.1, 0.15) is 6.92 Å². The van der Waals surface area contributed by atoms with E-state index >= 15 is 0 Å². The number of hydrogen-bond acceptors (Lipinski definition) is 2. The minimum atomic E-state index is -0.00954. The van der Waals surface area contributed by atoms with E-state index in [0.717, 1.165) is 17.2 Å². The van der Waals surface area contributed by atoms with Crippen LogP contribution in [-0.2, 0) is 0 Å². The molecular formula is C15H14Cl2O2. The van der Waals surface area contributed by atoms with Crippen LogP contribution in [0.3, 0.4) is 0 Å². The van der Waals surface area contributed by atoms with Gasteiger partial charge in [0.1, 0.15) is 23.4 Å². The second-order valence-electron chi connectivity index (χ2n) is 4.11. The van der Waals surface area contributed by atoms with Crippen LogP contribution in [0.4, 0.5) is 0 Å². The molecule has 0 aliphatic rings. The Morgan fingerprint density at radius 3 is 1.89 bits per heavy atom.